The first-order chi connectivity index (χ1) is 8.95. The first-order valence-electron chi connectivity index (χ1n) is 5.56. The highest BCUT2D eigenvalue weighted by molar-refractivity contribution is 9.10. The van der Waals surface area contributed by atoms with E-state index in [-0.39, 0.29) is 5.91 Å². The number of hydrogen-bond donors (Lipinski definition) is 3. The summed E-state index contributed by atoms with van der Waals surface area (Å²) in [6, 6.07) is 8.27. The van der Waals surface area contributed by atoms with Crippen LogP contribution in [0.5, 0.6) is 0 Å². The number of aromatic nitrogens is 1. The van der Waals surface area contributed by atoms with E-state index in [0.29, 0.717) is 22.8 Å². The molecule has 0 aliphatic rings. The molecule has 5 nitrogen and oxygen atoms in total. The van der Waals surface area contributed by atoms with Crippen molar-refractivity contribution in [3.8, 4) is 0 Å². The molecule has 0 fully saturated rings. The van der Waals surface area contributed by atoms with E-state index in [0.717, 1.165) is 10.2 Å². The van der Waals surface area contributed by atoms with Crippen LogP contribution in [0.15, 0.2) is 34.8 Å². The average Bonchev–Trinajstić information content (AvgIpc) is 2.32. The van der Waals surface area contributed by atoms with Crippen LogP contribution in [0.3, 0.4) is 0 Å². The molecular formula is C13H13BrN4O. The van der Waals surface area contributed by atoms with Crippen LogP contribution in [-0.4, -0.2) is 10.9 Å². The maximum atomic E-state index is 12.0. The molecule has 6 heteroatoms. The Kier molecular flexibility index (Phi) is 3.71. The molecule has 2 aromatic rings. The van der Waals surface area contributed by atoms with Crippen molar-refractivity contribution in [3.63, 3.8) is 0 Å². The summed E-state index contributed by atoms with van der Waals surface area (Å²) >= 11 is 3.35. The molecule has 0 radical (unpaired) electrons. The highest BCUT2D eigenvalue weighted by Crippen LogP contribution is 2.18. The zero-order valence-corrected chi connectivity index (χ0v) is 11.9. The SMILES string of the molecule is Cc1nc(NC(=O)c2cc(N)cc(N)c2)ccc1Br. The number of pyridine rings is 1. The van der Waals surface area contributed by atoms with Gasteiger partial charge in [0.05, 0.1) is 5.69 Å². The van der Waals surface area contributed by atoms with Crippen molar-refractivity contribution in [1.29, 1.82) is 0 Å². The lowest BCUT2D eigenvalue weighted by molar-refractivity contribution is 0.102. The fourth-order valence-electron chi connectivity index (χ4n) is 1.61. The van der Waals surface area contributed by atoms with Crippen molar-refractivity contribution >= 4 is 39.0 Å². The van der Waals surface area contributed by atoms with Gasteiger partial charge in [0.2, 0.25) is 0 Å². The first kappa shape index (κ1) is 13.4. The number of benzene rings is 1. The lowest BCUT2D eigenvalue weighted by Gasteiger charge is -2.07. The highest BCUT2D eigenvalue weighted by atomic mass is 79.9. The van der Waals surface area contributed by atoms with Crippen LogP contribution in [0.25, 0.3) is 0 Å². The van der Waals surface area contributed by atoms with Crippen molar-refractivity contribution in [2.75, 3.05) is 16.8 Å². The van der Waals surface area contributed by atoms with Crippen molar-refractivity contribution in [3.05, 3.63) is 46.1 Å². The minimum absolute atomic E-state index is 0.298. The van der Waals surface area contributed by atoms with Gasteiger partial charge >= 0.3 is 0 Å². The molecule has 5 N–H and O–H groups in total. The number of hydrogen-bond acceptors (Lipinski definition) is 4. The van der Waals surface area contributed by atoms with Crippen molar-refractivity contribution < 1.29 is 4.79 Å². The summed E-state index contributed by atoms with van der Waals surface area (Å²) in [5.74, 6) is 0.180. The summed E-state index contributed by atoms with van der Waals surface area (Å²) in [6.45, 7) is 1.85. The number of carbonyl (C=O) groups is 1. The smallest absolute Gasteiger partial charge is 0.256 e. The molecular weight excluding hydrogens is 308 g/mol. The average molecular weight is 321 g/mol. The number of nitrogens with zero attached hydrogens (tertiary/aromatic N) is 1. The third kappa shape index (κ3) is 3.23. The molecule has 1 aromatic carbocycles. The van der Waals surface area contributed by atoms with Crippen LogP contribution < -0.4 is 16.8 Å². The molecule has 0 unspecified atom stereocenters. The van der Waals surface area contributed by atoms with Crippen molar-refractivity contribution in [1.82, 2.24) is 4.98 Å². The zero-order chi connectivity index (χ0) is 14.0. The van der Waals surface area contributed by atoms with E-state index in [1.807, 2.05) is 13.0 Å². The molecule has 19 heavy (non-hydrogen) atoms. The second kappa shape index (κ2) is 5.27. The number of anilines is 3. The molecule has 0 saturated heterocycles. The fourth-order valence-corrected chi connectivity index (χ4v) is 1.83. The predicted octanol–water partition coefficient (Wildman–Crippen LogP) is 2.57. The van der Waals surface area contributed by atoms with E-state index < -0.39 is 0 Å². The monoisotopic (exact) mass is 320 g/mol. The largest absolute Gasteiger partial charge is 0.399 e. The molecule has 0 bridgehead atoms. The Morgan fingerprint density at radius 3 is 2.42 bits per heavy atom. The lowest BCUT2D eigenvalue weighted by Crippen LogP contribution is -2.14. The Hall–Kier alpha value is -2.08. The quantitative estimate of drug-likeness (QED) is 0.741. The van der Waals surface area contributed by atoms with E-state index >= 15 is 0 Å². The third-order valence-electron chi connectivity index (χ3n) is 2.50. The van der Waals surface area contributed by atoms with Gasteiger partial charge in [0.25, 0.3) is 5.91 Å². The number of carbonyl (C=O) groups excluding carboxylic acids is 1. The molecule has 0 saturated carbocycles. The van der Waals surface area contributed by atoms with E-state index in [1.54, 1.807) is 24.3 Å². The van der Waals surface area contributed by atoms with Gasteiger partial charge in [-0.15, -0.1) is 0 Å². The number of nitrogens with one attached hydrogen (secondary N) is 1. The number of nitrogen functional groups attached to an aromatic ring is 2. The topological polar surface area (TPSA) is 94.0 Å². The summed E-state index contributed by atoms with van der Waals surface area (Å²) in [6.07, 6.45) is 0. The van der Waals surface area contributed by atoms with Gasteiger partial charge in [-0.3, -0.25) is 4.79 Å². The molecule has 1 aromatic heterocycles. The second-order valence-corrected chi connectivity index (χ2v) is 4.96. The molecule has 0 spiro atoms. The Bertz CT molecular complexity index is 622. The predicted molar refractivity (Wildman–Crippen MR) is 79.9 cm³/mol. The van der Waals surface area contributed by atoms with Crippen molar-refractivity contribution in [2.45, 2.75) is 6.92 Å². The maximum absolute atomic E-state index is 12.0. The van der Waals surface area contributed by atoms with E-state index in [9.17, 15) is 4.79 Å². The van der Waals surface area contributed by atoms with Crippen LogP contribution in [0.4, 0.5) is 17.2 Å². The molecule has 0 aliphatic carbocycles. The van der Waals surface area contributed by atoms with Gasteiger partial charge < -0.3 is 16.8 Å². The van der Waals surface area contributed by atoms with Crippen LogP contribution in [0.1, 0.15) is 16.1 Å². The number of rotatable bonds is 2. The Labute approximate surface area is 119 Å². The minimum Gasteiger partial charge on any atom is -0.399 e. The van der Waals surface area contributed by atoms with Gasteiger partial charge in [0.1, 0.15) is 5.82 Å². The number of nitrogens with two attached hydrogens (primary N) is 2. The first-order valence-corrected chi connectivity index (χ1v) is 6.35. The van der Waals surface area contributed by atoms with Gasteiger partial charge in [0, 0.05) is 21.4 Å². The Balaban J connectivity index is 2.22. The van der Waals surface area contributed by atoms with Gasteiger partial charge in [-0.1, -0.05) is 0 Å². The van der Waals surface area contributed by atoms with Gasteiger partial charge in [0.15, 0.2) is 0 Å². The van der Waals surface area contributed by atoms with Crippen LogP contribution in [0.2, 0.25) is 0 Å². The number of halogens is 1. The van der Waals surface area contributed by atoms with Crippen LogP contribution in [0, 0.1) is 6.92 Å². The molecule has 0 atom stereocenters. The molecule has 98 valence electrons. The molecule has 0 aliphatic heterocycles. The summed E-state index contributed by atoms with van der Waals surface area (Å²) in [5, 5.41) is 2.70. The molecule has 1 heterocycles. The fraction of sp³-hybridized carbons (Fsp3) is 0.0769. The van der Waals surface area contributed by atoms with Gasteiger partial charge in [-0.2, -0.15) is 0 Å². The maximum Gasteiger partial charge on any atom is 0.256 e. The highest BCUT2D eigenvalue weighted by Gasteiger charge is 2.09. The minimum atomic E-state index is -0.298. The van der Waals surface area contributed by atoms with E-state index in [1.165, 1.54) is 0 Å². The zero-order valence-electron chi connectivity index (χ0n) is 10.3. The van der Waals surface area contributed by atoms with Crippen LogP contribution >= 0.6 is 15.9 Å². The Morgan fingerprint density at radius 1 is 1.21 bits per heavy atom. The second-order valence-electron chi connectivity index (χ2n) is 4.11. The lowest BCUT2D eigenvalue weighted by atomic mass is 10.1. The Morgan fingerprint density at radius 2 is 1.84 bits per heavy atom. The van der Waals surface area contributed by atoms with Crippen molar-refractivity contribution in [2.24, 2.45) is 0 Å². The summed E-state index contributed by atoms with van der Waals surface area (Å²) in [4.78, 5) is 16.3. The summed E-state index contributed by atoms with van der Waals surface area (Å²) < 4.78 is 0.888. The number of aryl methyl sites for hydroxylation is 1. The standard InChI is InChI=1S/C13H13BrN4O/c1-7-11(14)2-3-12(17-7)18-13(19)8-4-9(15)6-10(16)5-8/h2-6H,15-16H2,1H3,(H,17,18,19). The number of amides is 1. The van der Waals surface area contributed by atoms with E-state index in [4.69, 9.17) is 11.5 Å². The molecule has 2 rings (SSSR count). The summed E-state index contributed by atoms with van der Waals surface area (Å²) in [5.41, 5.74) is 13.4. The van der Waals surface area contributed by atoms with Gasteiger partial charge in [-0.25, -0.2) is 4.98 Å². The molecule has 1 amide bonds. The summed E-state index contributed by atoms with van der Waals surface area (Å²) in [7, 11) is 0. The van der Waals surface area contributed by atoms with Gasteiger partial charge in [-0.05, 0) is 53.2 Å². The van der Waals surface area contributed by atoms with Crippen LogP contribution in [-0.2, 0) is 0 Å². The third-order valence-corrected chi connectivity index (χ3v) is 3.34. The normalized spacial score (nSPS) is 10.2. The van der Waals surface area contributed by atoms with E-state index in [2.05, 4.69) is 26.2 Å².